The first kappa shape index (κ1) is 12.2. The van der Waals surface area contributed by atoms with E-state index in [2.05, 4.69) is 84.4 Å². The van der Waals surface area contributed by atoms with Crippen LogP contribution in [0, 0.1) is 5.41 Å². The van der Waals surface area contributed by atoms with Gasteiger partial charge in [0, 0.05) is 9.89 Å². The van der Waals surface area contributed by atoms with Gasteiger partial charge in [0.25, 0.3) is 0 Å². The molecule has 4 rings (SSSR count). The van der Waals surface area contributed by atoms with Crippen molar-refractivity contribution in [3.8, 4) is 0 Å². The molecule has 0 amide bonds. The minimum atomic E-state index is 0.0910. The fourth-order valence-corrected chi connectivity index (χ4v) is 4.00. The normalized spacial score (nSPS) is 18.6. The van der Waals surface area contributed by atoms with E-state index in [9.17, 15) is 0 Å². The second-order valence-corrected chi connectivity index (χ2v) is 6.94. The van der Waals surface area contributed by atoms with Gasteiger partial charge in [0.1, 0.15) is 0 Å². The van der Waals surface area contributed by atoms with Crippen molar-refractivity contribution in [1.82, 2.24) is 0 Å². The lowest BCUT2D eigenvalue weighted by atomic mass is 9.77. The summed E-state index contributed by atoms with van der Waals surface area (Å²) in [5.41, 5.74) is 2.89. The lowest BCUT2D eigenvalue weighted by molar-refractivity contribution is 0.644. The van der Waals surface area contributed by atoms with E-state index in [-0.39, 0.29) is 5.41 Å². The first-order valence-electron chi connectivity index (χ1n) is 6.92. The largest absolute Gasteiger partial charge is 0.0744 e. The quantitative estimate of drug-likeness (QED) is 0.686. The Bertz CT molecular complexity index is 924. The number of allylic oxidation sites excluding steroid dienone is 4. The maximum atomic E-state index is 3.74. The number of hydrogen-bond donors (Lipinski definition) is 0. The molecule has 1 heteroatoms. The zero-order chi connectivity index (χ0) is 13.9. The van der Waals surface area contributed by atoms with Crippen LogP contribution in [0.25, 0.3) is 22.4 Å². The van der Waals surface area contributed by atoms with Crippen LogP contribution in [0.3, 0.4) is 0 Å². The third-order valence-corrected chi connectivity index (χ3v) is 4.98. The summed E-state index contributed by atoms with van der Waals surface area (Å²) in [7, 11) is 0. The zero-order valence-corrected chi connectivity index (χ0v) is 13.2. The molecule has 0 saturated heterocycles. The highest BCUT2D eigenvalue weighted by atomic mass is 79.9. The minimum Gasteiger partial charge on any atom is -0.0744 e. The lowest BCUT2D eigenvalue weighted by Crippen LogP contribution is -2.28. The molecule has 0 heterocycles. The Morgan fingerprint density at radius 3 is 2.60 bits per heavy atom. The van der Waals surface area contributed by atoms with Gasteiger partial charge in [-0.25, -0.2) is 0 Å². The molecule has 0 radical (unpaired) electrons. The van der Waals surface area contributed by atoms with Crippen LogP contribution in [-0.4, -0.2) is 0 Å². The van der Waals surface area contributed by atoms with Crippen molar-refractivity contribution in [2.75, 3.05) is 0 Å². The van der Waals surface area contributed by atoms with Gasteiger partial charge in [0.15, 0.2) is 0 Å². The van der Waals surface area contributed by atoms with Crippen LogP contribution in [0.5, 0.6) is 0 Å². The molecular formula is C19H15Br. The monoisotopic (exact) mass is 322 g/mol. The smallest absolute Gasteiger partial charge is 0.0260 e. The standard InChI is InChI=1S/C19H15Br/c1-19(2)9-5-6-12-10-15-13-7-3-4-8-14(13)17(20)11-16(15)18(12)19/h3-11H,1-2H3. The van der Waals surface area contributed by atoms with Gasteiger partial charge < -0.3 is 0 Å². The zero-order valence-electron chi connectivity index (χ0n) is 11.6. The van der Waals surface area contributed by atoms with Crippen LogP contribution in [0.15, 0.2) is 58.6 Å². The number of rotatable bonds is 0. The topological polar surface area (TPSA) is 0 Å². The Hall–Kier alpha value is -1.60. The summed E-state index contributed by atoms with van der Waals surface area (Å²) in [4.78, 5) is 0. The fourth-order valence-electron chi connectivity index (χ4n) is 3.43. The van der Waals surface area contributed by atoms with E-state index in [1.54, 1.807) is 0 Å². The molecule has 0 fully saturated rings. The summed E-state index contributed by atoms with van der Waals surface area (Å²) in [6, 6.07) is 10.9. The molecule has 0 saturated carbocycles. The molecule has 0 spiro atoms. The minimum absolute atomic E-state index is 0.0910. The van der Waals surface area contributed by atoms with Crippen molar-refractivity contribution in [3.05, 3.63) is 69.0 Å². The second-order valence-electron chi connectivity index (χ2n) is 6.09. The highest BCUT2D eigenvalue weighted by molar-refractivity contribution is 9.10. The van der Waals surface area contributed by atoms with E-state index in [0.717, 1.165) is 0 Å². The first-order valence-corrected chi connectivity index (χ1v) is 7.71. The second kappa shape index (κ2) is 3.95. The molecule has 98 valence electrons. The molecule has 0 atom stereocenters. The van der Waals surface area contributed by atoms with E-state index >= 15 is 0 Å². The van der Waals surface area contributed by atoms with Gasteiger partial charge in [0.2, 0.25) is 0 Å². The summed E-state index contributed by atoms with van der Waals surface area (Å²) in [6.07, 6.45) is 9.03. The maximum Gasteiger partial charge on any atom is 0.0260 e. The molecule has 0 bridgehead atoms. The lowest BCUT2D eigenvalue weighted by Gasteiger charge is -2.26. The number of fused-ring (bicyclic) bond motifs is 4. The van der Waals surface area contributed by atoms with E-state index in [4.69, 9.17) is 0 Å². The van der Waals surface area contributed by atoms with Gasteiger partial charge in [-0.05, 0) is 44.5 Å². The van der Waals surface area contributed by atoms with Gasteiger partial charge in [-0.2, -0.15) is 0 Å². The SMILES string of the molecule is CC1(C)C=CC=C2C=c3c(cc(Br)c4ccccc34)=C21. The molecular weight excluding hydrogens is 308 g/mol. The molecule has 2 aromatic rings. The molecule has 2 aliphatic carbocycles. The first-order chi connectivity index (χ1) is 9.58. The van der Waals surface area contributed by atoms with Crippen molar-refractivity contribution >= 4 is 38.4 Å². The molecule has 20 heavy (non-hydrogen) atoms. The highest BCUT2D eigenvalue weighted by Crippen LogP contribution is 2.39. The van der Waals surface area contributed by atoms with Gasteiger partial charge >= 0.3 is 0 Å². The van der Waals surface area contributed by atoms with E-state index in [1.807, 2.05) is 0 Å². The summed E-state index contributed by atoms with van der Waals surface area (Å²) in [5.74, 6) is 0. The van der Waals surface area contributed by atoms with Gasteiger partial charge in [-0.1, -0.05) is 72.3 Å². The van der Waals surface area contributed by atoms with Crippen molar-refractivity contribution in [2.45, 2.75) is 13.8 Å². The van der Waals surface area contributed by atoms with Crippen molar-refractivity contribution < 1.29 is 0 Å². The Morgan fingerprint density at radius 2 is 1.80 bits per heavy atom. The average Bonchev–Trinajstić information content (AvgIpc) is 2.79. The Morgan fingerprint density at radius 1 is 1.05 bits per heavy atom. The van der Waals surface area contributed by atoms with Crippen LogP contribution in [0.2, 0.25) is 0 Å². The summed E-state index contributed by atoms with van der Waals surface area (Å²) in [6.45, 7) is 4.58. The van der Waals surface area contributed by atoms with Gasteiger partial charge in [0.05, 0.1) is 0 Å². The predicted molar refractivity (Wildman–Crippen MR) is 89.8 cm³/mol. The van der Waals surface area contributed by atoms with Crippen LogP contribution in [0.4, 0.5) is 0 Å². The highest BCUT2D eigenvalue weighted by Gasteiger charge is 2.28. The molecule has 0 aliphatic heterocycles. The third-order valence-electron chi connectivity index (χ3n) is 4.33. The van der Waals surface area contributed by atoms with E-state index in [0.29, 0.717) is 0 Å². The molecule has 0 N–H and O–H groups in total. The maximum absolute atomic E-state index is 3.74. The van der Waals surface area contributed by atoms with E-state index < -0.39 is 0 Å². The Balaban J connectivity index is 2.28. The number of hydrogen-bond acceptors (Lipinski definition) is 0. The third kappa shape index (κ3) is 1.53. The Labute approximate surface area is 126 Å². The molecule has 0 aromatic heterocycles. The Kier molecular flexibility index (Phi) is 2.41. The van der Waals surface area contributed by atoms with Crippen LogP contribution in [-0.2, 0) is 0 Å². The molecule has 2 aliphatic rings. The van der Waals surface area contributed by atoms with Gasteiger partial charge in [-0.15, -0.1) is 0 Å². The molecule has 0 nitrogen and oxygen atoms in total. The molecule has 0 unspecified atom stereocenters. The summed E-state index contributed by atoms with van der Waals surface area (Å²) in [5, 5.41) is 5.35. The van der Waals surface area contributed by atoms with Crippen molar-refractivity contribution in [2.24, 2.45) is 5.41 Å². The van der Waals surface area contributed by atoms with Gasteiger partial charge in [-0.3, -0.25) is 0 Å². The number of halogens is 1. The summed E-state index contributed by atoms with van der Waals surface area (Å²) >= 11 is 3.74. The fraction of sp³-hybridized carbons (Fsp3) is 0.158. The van der Waals surface area contributed by atoms with Crippen molar-refractivity contribution in [3.63, 3.8) is 0 Å². The number of benzene rings is 2. The van der Waals surface area contributed by atoms with Crippen LogP contribution >= 0.6 is 15.9 Å². The van der Waals surface area contributed by atoms with Crippen molar-refractivity contribution in [1.29, 1.82) is 0 Å². The van der Waals surface area contributed by atoms with E-state index in [1.165, 1.54) is 36.8 Å². The predicted octanol–water partition coefficient (Wildman–Crippen LogP) is 4.07. The molecule has 2 aromatic carbocycles. The van der Waals surface area contributed by atoms with Crippen LogP contribution < -0.4 is 10.4 Å². The summed E-state index contributed by atoms with van der Waals surface area (Å²) < 4.78 is 1.18. The average molecular weight is 323 g/mol. The van der Waals surface area contributed by atoms with Crippen LogP contribution in [0.1, 0.15) is 13.8 Å².